The zero-order valence-electron chi connectivity index (χ0n) is 11.9. The van der Waals surface area contributed by atoms with Gasteiger partial charge in [0.15, 0.2) is 0 Å². The van der Waals surface area contributed by atoms with Crippen molar-refractivity contribution in [2.75, 3.05) is 19.6 Å². The van der Waals surface area contributed by atoms with Crippen LogP contribution in [0.3, 0.4) is 0 Å². The number of alkyl halides is 2. The van der Waals surface area contributed by atoms with Crippen molar-refractivity contribution in [1.29, 1.82) is 0 Å². The normalized spacial score (nSPS) is 16.9. The third-order valence-corrected chi connectivity index (χ3v) is 3.67. The molecule has 2 rings (SSSR count). The van der Waals surface area contributed by atoms with Crippen molar-refractivity contribution < 1.29 is 13.5 Å². The van der Waals surface area contributed by atoms with Gasteiger partial charge in [-0.15, -0.1) is 6.42 Å². The first-order valence-corrected chi connectivity index (χ1v) is 7.11. The lowest BCUT2D eigenvalue weighted by molar-refractivity contribution is -0.0505. The van der Waals surface area contributed by atoms with E-state index < -0.39 is 6.61 Å². The predicted octanol–water partition coefficient (Wildman–Crippen LogP) is 2.48. The van der Waals surface area contributed by atoms with Gasteiger partial charge < -0.3 is 10.1 Å². The maximum atomic E-state index is 12.3. The fourth-order valence-corrected chi connectivity index (χ4v) is 2.54. The summed E-state index contributed by atoms with van der Waals surface area (Å²) in [4.78, 5) is 2.24. The molecule has 0 radical (unpaired) electrons. The number of piperidine rings is 1. The maximum Gasteiger partial charge on any atom is 0.387 e. The lowest BCUT2D eigenvalue weighted by Crippen LogP contribution is -2.42. The quantitative estimate of drug-likeness (QED) is 0.816. The Morgan fingerprint density at radius 1 is 1.33 bits per heavy atom. The van der Waals surface area contributed by atoms with E-state index >= 15 is 0 Å². The van der Waals surface area contributed by atoms with E-state index in [9.17, 15) is 8.78 Å². The van der Waals surface area contributed by atoms with Crippen LogP contribution in [-0.2, 0) is 6.54 Å². The Kier molecular flexibility index (Phi) is 5.97. The largest absolute Gasteiger partial charge is 0.434 e. The minimum absolute atomic E-state index is 0.241. The van der Waals surface area contributed by atoms with Gasteiger partial charge in [-0.25, -0.2) is 0 Å². The molecule has 5 heteroatoms. The van der Waals surface area contributed by atoms with Crippen molar-refractivity contribution in [2.24, 2.45) is 0 Å². The molecule has 21 heavy (non-hydrogen) atoms. The molecule has 1 N–H and O–H groups in total. The first-order chi connectivity index (χ1) is 10.2. The minimum Gasteiger partial charge on any atom is -0.434 e. The molecule has 1 fully saturated rings. The predicted molar refractivity (Wildman–Crippen MR) is 78.2 cm³/mol. The Morgan fingerprint density at radius 2 is 2.05 bits per heavy atom. The lowest BCUT2D eigenvalue weighted by atomic mass is 10.0. The van der Waals surface area contributed by atoms with E-state index in [1.54, 1.807) is 18.2 Å². The van der Waals surface area contributed by atoms with E-state index in [2.05, 4.69) is 20.9 Å². The molecule has 1 heterocycles. The number of nitrogens with one attached hydrogen (secondary N) is 1. The number of hydrogen-bond donors (Lipinski definition) is 1. The van der Waals surface area contributed by atoms with Crippen molar-refractivity contribution in [3.63, 3.8) is 0 Å². The molecule has 114 valence electrons. The van der Waals surface area contributed by atoms with Crippen molar-refractivity contribution in [3.8, 4) is 18.1 Å². The number of terminal acetylenes is 1. The molecular formula is C16H20F2N2O. The summed E-state index contributed by atoms with van der Waals surface area (Å²) in [5, 5.41) is 3.41. The zero-order chi connectivity index (χ0) is 15.1. The third kappa shape index (κ3) is 5.00. The summed E-state index contributed by atoms with van der Waals surface area (Å²) in [5.74, 6) is 2.89. The van der Waals surface area contributed by atoms with Gasteiger partial charge in [0.1, 0.15) is 5.75 Å². The Labute approximate surface area is 124 Å². The number of ether oxygens (including phenoxy) is 1. The fourth-order valence-electron chi connectivity index (χ4n) is 2.54. The summed E-state index contributed by atoms with van der Waals surface area (Å²) < 4.78 is 29.2. The monoisotopic (exact) mass is 294 g/mol. The molecule has 1 aliphatic heterocycles. The maximum absolute atomic E-state index is 12.3. The third-order valence-electron chi connectivity index (χ3n) is 3.67. The summed E-state index contributed by atoms with van der Waals surface area (Å²) in [7, 11) is 0. The molecule has 0 unspecified atom stereocenters. The average Bonchev–Trinajstić information content (AvgIpc) is 2.48. The van der Waals surface area contributed by atoms with Crippen LogP contribution < -0.4 is 10.1 Å². The van der Waals surface area contributed by atoms with Gasteiger partial charge in [0, 0.05) is 31.2 Å². The number of hydrogen-bond acceptors (Lipinski definition) is 3. The number of likely N-dealkylation sites (tertiary alicyclic amines) is 1. The topological polar surface area (TPSA) is 24.5 Å². The second-order valence-corrected chi connectivity index (χ2v) is 5.12. The van der Waals surface area contributed by atoms with Gasteiger partial charge in [-0.2, -0.15) is 8.78 Å². The molecule has 1 saturated heterocycles. The second-order valence-electron chi connectivity index (χ2n) is 5.12. The average molecular weight is 294 g/mol. The van der Waals surface area contributed by atoms with Crippen LogP contribution in [0, 0.1) is 12.3 Å². The molecule has 1 aromatic rings. The van der Waals surface area contributed by atoms with Crippen LogP contribution in [0.15, 0.2) is 24.3 Å². The van der Waals surface area contributed by atoms with E-state index in [0.717, 1.165) is 31.5 Å². The highest BCUT2D eigenvalue weighted by Crippen LogP contribution is 2.20. The smallest absolute Gasteiger partial charge is 0.387 e. The molecular weight excluding hydrogens is 274 g/mol. The van der Waals surface area contributed by atoms with Crippen LogP contribution >= 0.6 is 0 Å². The summed E-state index contributed by atoms with van der Waals surface area (Å²) in [6.07, 6.45) is 7.33. The first kappa shape index (κ1) is 15.7. The molecule has 3 nitrogen and oxygen atoms in total. The van der Waals surface area contributed by atoms with Gasteiger partial charge >= 0.3 is 6.61 Å². The van der Waals surface area contributed by atoms with Gasteiger partial charge in [-0.3, -0.25) is 4.90 Å². The Morgan fingerprint density at radius 3 is 2.71 bits per heavy atom. The highest BCUT2D eigenvalue weighted by atomic mass is 19.3. The van der Waals surface area contributed by atoms with E-state index in [-0.39, 0.29) is 5.75 Å². The van der Waals surface area contributed by atoms with Gasteiger partial charge in [0.2, 0.25) is 0 Å². The van der Waals surface area contributed by atoms with Gasteiger partial charge in [-0.1, -0.05) is 24.1 Å². The molecule has 0 amide bonds. The van der Waals surface area contributed by atoms with Crippen molar-refractivity contribution in [3.05, 3.63) is 29.8 Å². The van der Waals surface area contributed by atoms with E-state index in [1.165, 1.54) is 0 Å². The van der Waals surface area contributed by atoms with Crippen LogP contribution in [0.2, 0.25) is 0 Å². The van der Waals surface area contributed by atoms with Crippen molar-refractivity contribution in [2.45, 2.75) is 32.0 Å². The van der Waals surface area contributed by atoms with E-state index in [4.69, 9.17) is 6.42 Å². The summed E-state index contributed by atoms with van der Waals surface area (Å²) in [5.41, 5.74) is 0.754. The lowest BCUT2D eigenvalue weighted by Gasteiger charge is -2.31. The van der Waals surface area contributed by atoms with Crippen LogP contribution in [-0.4, -0.2) is 37.2 Å². The first-order valence-electron chi connectivity index (χ1n) is 7.11. The Hall–Kier alpha value is -1.64. The highest BCUT2D eigenvalue weighted by molar-refractivity contribution is 5.33. The van der Waals surface area contributed by atoms with Gasteiger partial charge in [0.05, 0.1) is 6.54 Å². The second kappa shape index (κ2) is 7.96. The van der Waals surface area contributed by atoms with Crippen LogP contribution in [0.25, 0.3) is 0 Å². The van der Waals surface area contributed by atoms with Crippen molar-refractivity contribution >= 4 is 0 Å². The van der Waals surface area contributed by atoms with Crippen LogP contribution in [0.4, 0.5) is 8.78 Å². The number of rotatable bonds is 6. The van der Waals surface area contributed by atoms with Crippen LogP contribution in [0.1, 0.15) is 18.4 Å². The fraction of sp³-hybridized carbons (Fsp3) is 0.500. The van der Waals surface area contributed by atoms with Crippen LogP contribution in [0.5, 0.6) is 5.75 Å². The molecule has 0 saturated carbocycles. The number of nitrogens with zero attached hydrogens (tertiary/aromatic N) is 1. The van der Waals surface area contributed by atoms with Gasteiger partial charge in [-0.05, 0) is 18.9 Å². The Balaban J connectivity index is 1.83. The van der Waals surface area contributed by atoms with E-state index in [1.807, 2.05) is 6.07 Å². The standard InChI is InChI=1S/C16H20F2N2O/c1-2-9-20-10-7-14(8-11-20)19-12-13-5-3-4-6-15(13)21-16(17)18/h1,3-6,14,16,19H,7-12H2. The SMILES string of the molecule is C#CCN1CCC(NCc2ccccc2OC(F)F)CC1. The number of para-hydroxylation sites is 1. The Bertz CT molecular complexity index is 479. The number of benzene rings is 1. The molecule has 1 aromatic carbocycles. The van der Waals surface area contributed by atoms with Crippen molar-refractivity contribution in [1.82, 2.24) is 10.2 Å². The molecule has 1 aliphatic rings. The summed E-state index contributed by atoms with van der Waals surface area (Å²) in [6, 6.07) is 7.28. The molecule has 0 spiro atoms. The number of halogens is 2. The summed E-state index contributed by atoms with van der Waals surface area (Å²) >= 11 is 0. The zero-order valence-corrected chi connectivity index (χ0v) is 11.9. The molecule has 0 atom stereocenters. The molecule has 0 aliphatic carbocycles. The van der Waals surface area contributed by atoms with Gasteiger partial charge in [0.25, 0.3) is 0 Å². The van der Waals surface area contributed by atoms with E-state index in [0.29, 0.717) is 19.1 Å². The highest BCUT2D eigenvalue weighted by Gasteiger charge is 2.18. The molecule has 0 aromatic heterocycles. The minimum atomic E-state index is -2.79. The molecule has 0 bridgehead atoms. The summed E-state index contributed by atoms with van der Waals surface area (Å²) in [6.45, 7) is 0.368.